The number of hydrogen-bond acceptors (Lipinski definition) is 5. The highest BCUT2D eigenvalue weighted by atomic mass is 19.1. The molecular formula is C18H20FN3O4. The normalized spacial score (nSPS) is 28.3. The van der Waals surface area contributed by atoms with Crippen molar-refractivity contribution in [2.24, 2.45) is 5.73 Å². The van der Waals surface area contributed by atoms with E-state index >= 15 is 0 Å². The number of piperidine rings is 1. The number of carbonyl (C=O) groups is 3. The Kier molecular flexibility index (Phi) is 4.14. The number of benzene rings is 1. The van der Waals surface area contributed by atoms with Crippen LogP contribution in [0.4, 0.5) is 4.39 Å². The van der Waals surface area contributed by atoms with Gasteiger partial charge in [0, 0.05) is 23.6 Å². The minimum absolute atomic E-state index is 0.0137. The first-order chi connectivity index (χ1) is 12.5. The predicted molar refractivity (Wildman–Crippen MR) is 88.7 cm³/mol. The molecule has 7 nitrogen and oxygen atoms in total. The van der Waals surface area contributed by atoms with Gasteiger partial charge in [0.1, 0.15) is 12.1 Å². The largest absolute Gasteiger partial charge is 0.486 e. The van der Waals surface area contributed by atoms with Gasteiger partial charge in [0.05, 0.1) is 6.54 Å². The molecule has 3 N–H and O–H groups in total. The maximum atomic E-state index is 14.9. The summed E-state index contributed by atoms with van der Waals surface area (Å²) in [6.45, 7) is -0.0137. The molecule has 4 rings (SSSR count). The minimum atomic E-state index is -0.764. The zero-order valence-electron chi connectivity index (χ0n) is 14.2. The van der Waals surface area contributed by atoms with Gasteiger partial charge < -0.3 is 15.4 Å². The molecule has 8 heteroatoms. The van der Waals surface area contributed by atoms with Crippen LogP contribution in [0.15, 0.2) is 12.1 Å². The van der Waals surface area contributed by atoms with E-state index in [-0.39, 0.29) is 54.3 Å². The fourth-order valence-electron chi connectivity index (χ4n) is 3.94. The van der Waals surface area contributed by atoms with Crippen LogP contribution in [-0.4, -0.2) is 40.8 Å². The molecule has 3 amide bonds. The number of halogens is 1. The molecule has 2 heterocycles. The third kappa shape index (κ3) is 2.74. The Labute approximate surface area is 149 Å². The third-order valence-corrected chi connectivity index (χ3v) is 5.40. The number of rotatable bonds is 3. The Morgan fingerprint density at radius 3 is 2.69 bits per heavy atom. The second-order valence-corrected chi connectivity index (χ2v) is 7.05. The van der Waals surface area contributed by atoms with Crippen LogP contribution in [0.5, 0.6) is 5.75 Å². The van der Waals surface area contributed by atoms with E-state index in [1.807, 2.05) is 0 Å². The SMILES string of the molecule is N[C@H]1CCC[C@H]1Oc1ccc2c(c1F)CN(C1CCC(=O)NC1=O)C2=O. The van der Waals surface area contributed by atoms with Crippen LogP contribution in [0.3, 0.4) is 0 Å². The highest BCUT2D eigenvalue weighted by molar-refractivity contribution is 6.05. The zero-order chi connectivity index (χ0) is 18.4. The van der Waals surface area contributed by atoms with Crippen molar-refractivity contribution in [3.05, 3.63) is 29.1 Å². The van der Waals surface area contributed by atoms with E-state index in [1.165, 1.54) is 17.0 Å². The van der Waals surface area contributed by atoms with E-state index in [0.717, 1.165) is 19.3 Å². The standard InChI is InChI=1S/C18H20FN3O4/c19-16-10-8-22(12-5-7-15(23)21-17(12)24)18(25)9(10)4-6-14(16)26-13-3-1-2-11(13)20/h4,6,11-13H,1-3,5,7-8,20H2,(H,21,23,24)/t11-,12?,13+/m0/s1. The summed E-state index contributed by atoms with van der Waals surface area (Å²) in [4.78, 5) is 37.3. The van der Waals surface area contributed by atoms with Gasteiger partial charge in [-0.05, 0) is 37.8 Å². The average molecular weight is 361 g/mol. The van der Waals surface area contributed by atoms with Gasteiger partial charge in [-0.25, -0.2) is 4.39 Å². The van der Waals surface area contributed by atoms with Gasteiger partial charge in [0.25, 0.3) is 5.91 Å². The first-order valence-corrected chi connectivity index (χ1v) is 8.84. The molecule has 1 saturated carbocycles. The van der Waals surface area contributed by atoms with Gasteiger partial charge in [0.15, 0.2) is 11.6 Å². The topological polar surface area (TPSA) is 102 Å². The molecule has 0 bridgehead atoms. The quantitative estimate of drug-likeness (QED) is 0.777. The number of amides is 3. The van der Waals surface area contributed by atoms with Crippen molar-refractivity contribution < 1.29 is 23.5 Å². The summed E-state index contributed by atoms with van der Waals surface area (Å²) >= 11 is 0. The first kappa shape index (κ1) is 17.0. The van der Waals surface area contributed by atoms with Crippen LogP contribution in [-0.2, 0) is 16.1 Å². The van der Waals surface area contributed by atoms with Gasteiger partial charge in [-0.15, -0.1) is 0 Å². The maximum Gasteiger partial charge on any atom is 0.255 e. The Bertz CT molecular complexity index is 797. The molecule has 3 atom stereocenters. The summed E-state index contributed by atoms with van der Waals surface area (Å²) in [7, 11) is 0. The van der Waals surface area contributed by atoms with E-state index in [4.69, 9.17) is 10.5 Å². The van der Waals surface area contributed by atoms with Crippen LogP contribution in [0.1, 0.15) is 48.0 Å². The van der Waals surface area contributed by atoms with Crippen LogP contribution in [0.2, 0.25) is 0 Å². The highest BCUT2D eigenvalue weighted by Gasteiger charge is 2.41. The van der Waals surface area contributed by atoms with E-state index in [0.29, 0.717) is 0 Å². The van der Waals surface area contributed by atoms with Crippen molar-refractivity contribution >= 4 is 17.7 Å². The molecule has 1 unspecified atom stereocenters. The Hall–Kier alpha value is -2.48. The molecule has 2 aliphatic heterocycles. The Morgan fingerprint density at radius 1 is 1.19 bits per heavy atom. The lowest BCUT2D eigenvalue weighted by Gasteiger charge is -2.29. The van der Waals surface area contributed by atoms with Crippen LogP contribution < -0.4 is 15.8 Å². The van der Waals surface area contributed by atoms with Gasteiger partial charge in [-0.1, -0.05) is 0 Å². The van der Waals surface area contributed by atoms with Crippen molar-refractivity contribution in [3.8, 4) is 5.75 Å². The molecule has 0 radical (unpaired) electrons. The fraction of sp³-hybridized carbons (Fsp3) is 0.500. The molecule has 1 aromatic carbocycles. The first-order valence-electron chi connectivity index (χ1n) is 8.84. The zero-order valence-corrected chi connectivity index (χ0v) is 14.2. The molecule has 2 fully saturated rings. The second kappa shape index (κ2) is 6.35. The van der Waals surface area contributed by atoms with Gasteiger partial charge in [-0.3, -0.25) is 19.7 Å². The molecular weight excluding hydrogens is 341 g/mol. The van der Waals surface area contributed by atoms with Crippen molar-refractivity contribution in [1.82, 2.24) is 10.2 Å². The molecule has 0 aromatic heterocycles. The number of nitrogens with two attached hydrogens (primary N) is 1. The summed E-state index contributed by atoms with van der Waals surface area (Å²) in [5, 5.41) is 2.23. The minimum Gasteiger partial charge on any atom is -0.486 e. The van der Waals surface area contributed by atoms with Crippen LogP contribution >= 0.6 is 0 Å². The number of carbonyl (C=O) groups excluding carboxylic acids is 3. The molecule has 26 heavy (non-hydrogen) atoms. The number of nitrogens with one attached hydrogen (secondary N) is 1. The van der Waals surface area contributed by atoms with E-state index in [9.17, 15) is 18.8 Å². The lowest BCUT2D eigenvalue weighted by atomic mass is 10.0. The average Bonchev–Trinajstić information content (AvgIpc) is 3.15. The summed E-state index contributed by atoms with van der Waals surface area (Å²) in [5.74, 6) is -1.77. The number of fused-ring (bicyclic) bond motifs is 1. The van der Waals surface area contributed by atoms with E-state index in [1.54, 1.807) is 0 Å². The lowest BCUT2D eigenvalue weighted by Crippen LogP contribution is -2.52. The molecule has 138 valence electrons. The smallest absolute Gasteiger partial charge is 0.255 e. The van der Waals surface area contributed by atoms with E-state index < -0.39 is 23.7 Å². The van der Waals surface area contributed by atoms with Gasteiger partial charge in [0.2, 0.25) is 11.8 Å². The third-order valence-electron chi connectivity index (χ3n) is 5.40. The number of hydrogen-bond donors (Lipinski definition) is 2. The number of ether oxygens (including phenoxy) is 1. The highest BCUT2D eigenvalue weighted by Crippen LogP contribution is 2.34. The van der Waals surface area contributed by atoms with E-state index in [2.05, 4.69) is 5.32 Å². The fourth-order valence-corrected chi connectivity index (χ4v) is 3.94. The van der Waals surface area contributed by atoms with Crippen LogP contribution in [0.25, 0.3) is 0 Å². The van der Waals surface area contributed by atoms with Crippen molar-refractivity contribution in [1.29, 1.82) is 0 Å². The summed E-state index contributed by atoms with van der Waals surface area (Å²) in [5.41, 5.74) is 6.43. The number of nitrogens with zero attached hydrogens (tertiary/aromatic N) is 1. The monoisotopic (exact) mass is 361 g/mol. The van der Waals surface area contributed by atoms with Crippen LogP contribution in [0, 0.1) is 5.82 Å². The Balaban J connectivity index is 1.57. The summed E-state index contributed by atoms with van der Waals surface area (Å²) < 4.78 is 20.7. The van der Waals surface area contributed by atoms with Crippen molar-refractivity contribution in [2.45, 2.75) is 56.8 Å². The summed E-state index contributed by atoms with van der Waals surface area (Å²) in [6, 6.07) is 2.09. The predicted octanol–water partition coefficient (Wildman–Crippen LogP) is 0.845. The van der Waals surface area contributed by atoms with Gasteiger partial charge >= 0.3 is 0 Å². The molecule has 3 aliphatic rings. The molecule has 1 saturated heterocycles. The number of imide groups is 1. The second-order valence-electron chi connectivity index (χ2n) is 7.05. The molecule has 1 aliphatic carbocycles. The maximum absolute atomic E-state index is 14.9. The molecule has 1 aromatic rings. The Morgan fingerprint density at radius 2 is 2.00 bits per heavy atom. The lowest BCUT2D eigenvalue weighted by molar-refractivity contribution is -0.136. The van der Waals surface area contributed by atoms with Gasteiger partial charge in [-0.2, -0.15) is 0 Å². The summed E-state index contributed by atoms with van der Waals surface area (Å²) in [6.07, 6.45) is 2.74. The molecule has 0 spiro atoms. The van der Waals surface area contributed by atoms with Crippen molar-refractivity contribution in [2.75, 3.05) is 0 Å². The van der Waals surface area contributed by atoms with Crippen molar-refractivity contribution in [3.63, 3.8) is 0 Å².